The summed E-state index contributed by atoms with van der Waals surface area (Å²) in [7, 11) is 5.06. The Kier molecular flexibility index (Phi) is 5.31. The minimum Gasteiger partial charge on any atom is -0.388 e. The molecule has 0 spiro atoms. The zero-order valence-corrected chi connectivity index (χ0v) is 12.2. The Morgan fingerprint density at radius 1 is 1.35 bits per heavy atom. The van der Waals surface area contributed by atoms with Crippen molar-refractivity contribution >= 4 is 23.0 Å². The first-order valence-corrected chi connectivity index (χ1v) is 6.31. The minimum absolute atomic E-state index is 0.00241. The lowest BCUT2D eigenvalue weighted by Gasteiger charge is -2.24. The molecule has 0 aromatic heterocycles. The van der Waals surface area contributed by atoms with E-state index in [1.54, 1.807) is 32.1 Å². The third kappa shape index (κ3) is 3.84. The molecule has 20 heavy (non-hydrogen) atoms. The van der Waals surface area contributed by atoms with Crippen LogP contribution in [0.25, 0.3) is 0 Å². The molecule has 1 N–H and O–H groups in total. The molecule has 0 unspecified atom stereocenters. The fourth-order valence-corrected chi connectivity index (χ4v) is 1.72. The van der Waals surface area contributed by atoms with Gasteiger partial charge in [0.1, 0.15) is 0 Å². The van der Waals surface area contributed by atoms with E-state index in [-0.39, 0.29) is 18.1 Å². The molecule has 0 saturated carbocycles. The molecular weight excluding hydrogens is 260 g/mol. The average molecular weight is 280 g/mol. The maximum Gasteiger partial charge on any atom is 0.273 e. The van der Waals surface area contributed by atoms with Gasteiger partial charge in [-0.2, -0.15) is 0 Å². The standard InChI is InChI=1S/C13H20N4O3/c1-5-16(9-13(18)15(3)4)11-6-10(14-2)7-12(8-11)17(19)20/h6-8,14H,5,9H2,1-4H3. The number of non-ortho nitro benzene ring substituents is 1. The van der Waals surface area contributed by atoms with Gasteiger partial charge in [0.25, 0.3) is 5.69 Å². The van der Waals surface area contributed by atoms with Gasteiger partial charge in [-0.3, -0.25) is 14.9 Å². The van der Waals surface area contributed by atoms with Gasteiger partial charge in [0.2, 0.25) is 5.91 Å². The SMILES string of the molecule is CCN(CC(=O)N(C)C)c1cc(NC)cc([N+](=O)[O-])c1. The lowest BCUT2D eigenvalue weighted by atomic mass is 10.2. The van der Waals surface area contributed by atoms with Crippen LogP contribution in [0.1, 0.15) is 6.92 Å². The molecule has 0 aliphatic rings. The molecule has 0 aliphatic heterocycles. The summed E-state index contributed by atoms with van der Waals surface area (Å²) >= 11 is 0. The molecule has 7 nitrogen and oxygen atoms in total. The lowest BCUT2D eigenvalue weighted by Crippen LogP contribution is -2.36. The highest BCUT2D eigenvalue weighted by Gasteiger charge is 2.16. The molecule has 1 rings (SSSR count). The van der Waals surface area contributed by atoms with Crippen LogP contribution in [-0.2, 0) is 4.79 Å². The Labute approximate surface area is 118 Å². The van der Waals surface area contributed by atoms with Crippen molar-refractivity contribution in [3.63, 3.8) is 0 Å². The second kappa shape index (κ2) is 6.74. The van der Waals surface area contributed by atoms with Crippen LogP contribution in [0, 0.1) is 10.1 Å². The van der Waals surface area contributed by atoms with Gasteiger partial charge in [-0.1, -0.05) is 0 Å². The quantitative estimate of drug-likeness (QED) is 0.632. The van der Waals surface area contributed by atoms with E-state index in [1.807, 2.05) is 6.92 Å². The predicted octanol–water partition coefficient (Wildman–Crippen LogP) is 1.55. The second-order valence-electron chi connectivity index (χ2n) is 4.55. The monoisotopic (exact) mass is 280 g/mol. The van der Waals surface area contributed by atoms with Crippen LogP contribution >= 0.6 is 0 Å². The summed E-state index contributed by atoms with van der Waals surface area (Å²) in [5.74, 6) is -0.0515. The molecule has 0 heterocycles. The Balaban J connectivity index is 3.10. The molecular formula is C13H20N4O3. The van der Waals surface area contributed by atoms with Gasteiger partial charge >= 0.3 is 0 Å². The average Bonchev–Trinajstić information content (AvgIpc) is 2.43. The number of hydrogen-bond acceptors (Lipinski definition) is 5. The number of likely N-dealkylation sites (N-methyl/N-ethyl adjacent to an activating group) is 2. The molecule has 1 aromatic carbocycles. The number of hydrogen-bond donors (Lipinski definition) is 1. The van der Waals surface area contributed by atoms with E-state index in [4.69, 9.17) is 0 Å². The van der Waals surface area contributed by atoms with Gasteiger partial charge in [-0.25, -0.2) is 0 Å². The third-order valence-electron chi connectivity index (χ3n) is 2.97. The van der Waals surface area contributed by atoms with Crippen LogP contribution < -0.4 is 10.2 Å². The van der Waals surface area contributed by atoms with Gasteiger partial charge in [0.05, 0.1) is 11.5 Å². The van der Waals surface area contributed by atoms with E-state index >= 15 is 0 Å². The molecule has 0 fully saturated rings. The Hall–Kier alpha value is -2.31. The van der Waals surface area contributed by atoms with Crippen molar-refractivity contribution in [2.45, 2.75) is 6.92 Å². The number of nitrogens with zero attached hydrogens (tertiary/aromatic N) is 3. The summed E-state index contributed by atoms with van der Waals surface area (Å²) < 4.78 is 0. The smallest absolute Gasteiger partial charge is 0.273 e. The van der Waals surface area contributed by atoms with Gasteiger partial charge in [-0.05, 0) is 13.0 Å². The van der Waals surface area contributed by atoms with Crippen LogP contribution in [0.3, 0.4) is 0 Å². The molecule has 1 aromatic rings. The molecule has 0 bridgehead atoms. The number of nitrogens with one attached hydrogen (secondary N) is 1. The highest BCUT2D eigenvalue weighted by atomic mass is 16.6. The molecule has 0 aliphatic carbocycles. The maximum absolute atomic E-state index is 11.8. The van der Waals surface area contributed by atoms with E-state index in [1.165, 1.54) is 17.0 Å². The maximum atomic E-state index is 11.8. The number of nitro benzene ring substituents is 1. The van der Waals surface area contributed by atoms with Crippen molar-refractivity contribution in [3.8, 4) is 0 Å². The predicted molar refractivity (Wildman–Crippen MR) is 79.2 cm³/mol. The normalized spacial score (nSPS) is 10.0. The number of benzene rings is 1. The molecule has 0 saturated heterocycles. The van der Waals surface area contributed by atoms with Crippen molar-refractivity contribution in [2.75, 3.05) is 44.4 Å². The highest BCUT2D eigenvalue weighted by molar-refractivity contribution is 5.81. The summed E-state index contributed by atoms with van der Waals surface area (Å²) in [5.41, 5.74) is 1.30. The largest absolute Gasteiger partial charge is 0.388 e. The lowest BCUT2D eigenvalue weighted by molar-refractivity contribution is -0.384. The molecule has 110 valence electrons. The van der Waals surface area contributed by atoms with Crippen LogP contribution in [0.4, 0.5) is 17.1 Å². The minimum atomic E-state index is -0.439. The van der Waals surface area contributed by atoms with Crippen LogP contribution in [0.15, 0.2) is 18.2 Å². The van der Waals surface area contributed by atoms with Crippen LogP contribution in [-0.4, -0.2) is 50.0 Å². The Morgan fingerprint density at radius 2 is 2.00 bits per heavy atom. The molecule has 0 radical (unpaired) electrons. The third-order valence-corrected chi connectivity index (χ3v) is 2.97. The summed E-state index contributed by atoms with van der Waals surface area (Å²) in [6, 6.07) is 4.73. The Morgan fingerprint density at radius 3 is 2.45 bits per heavy atom. The van der Waals surface area contributed by atoms with Gasteiger partial charge in [-0.15, -0.1) is 0 Å². The van der Waals surface area contributed by atoms with Crippen molar-refractivity contribution in [1.82, 2.24) is 4.90 Å². The number of nitro groups is 1. The topological polar surface area (TPSA) is 78.7 Å². The van der Waals surface area contributed by atoms with Crippen LogP contribution in [0.2, 0.25) is 0 Å². The zero-order chi connectivity index (χ0) is 15.3. The van der Waals surface area contributed by atoms with Crippen LogP contribution in [0.5, 0.6) is 0 Å². The number of amides is 1. The Bertz CT molecular complexity index is 502. The molecule has 0 atom stereocenters. The number of anilines is 2. The fraction of sp³-hybridized carbons (Fsp3) is 0.462. The van der Waals surface area contributed by atoms with E-state index in [0.717, 1.165) is 0 Å². The first kappa shape index (κ1) is 15.7. The second-order valence-corrected chi connectivity index (χ2v) is 4.55. The van der Waals surface area contributed by atoms with Gasteiger partial charge in [0.15, 0.2) is 0 Å². The first-order valence-electron chi connectivity index (χ1n) is 6.31. The van der Waals surface area contributed by atoms with Crippen molar-refractivity contribution in [1.29, 1.82) is 0 Å². The summed E-state index contributed by atoms with van der Waals surface area (Å²) in [4.78, 5) is 25.6. The van der Waals surface area contributed by atoms with Crippen molar-refractivity contribution in [2.24, 2.45) is 0 Å². The summed E-state index contributed by atoms with van der Waals surface area (Å²) in [6.45, 7) is 2.68. The number of carbonyl (C=O) groups excluding carboxylic acids is 1. The summed E-state index contributed by atoms with van der Waals surface area (Å²) in [6.07, 6.45) is 0. The molecule has 7 heteroatoms. The summed E-state index contributed by atoms with van der Waals surface area (Å²) in [5, 5.41) is 13.8. The van der Waals surface area contributed by atoms with E-state index in [0.29, 0.717) is 17.9 Å². The number of carbonyl (C=O) groups is 1. The van der Waals surface area contributed by atoms with E-state index in [9.17, 15) is 14.9 Å². The fourth-order valence-electron chi connectivity index (χ4n) is 1.72. The number of rotatable bonds is 6. The highest BCUT2D eigenvalue weighted by Crippen LogP contribution is 2.26. The van der Waals surface area contributed by atoms with E-state index in [2.05, 4.69) is 5.32 Å². The van der Waals surface area contributed by atoms with Gasteiger partial charge < -0.3 is 15.1 Å². The van der Waals surface area contributed by atoms with Crippen molar-refractivity contribution < 1.29 is 9.72 Å². The molecule has 1 amide bonds. The van der Waals surface area contributed by atoms with Gasteiger partial charge in [0, 0.05) is 51.2 Å². The van der Waals surface area contributed by atoms with Crippen molar-refractivity contribution in [3.05, 3.63) is 28.3 Å². The first-order chi connectivity index (χ1) is 9.38. The zero-order valence-electron chi connectivity index (χ0n) is 12.2. The van der Waals surface area contributed by atoms with E-state index < -0.39 is 4.92 Å².